The van der Waals surface area contributed by atoms with Crippen molar-refractivity contribution in [2.45, 2.75) is 13.8 Å². The third-order valence-corrected chi connectivity index (χ3v) is 4.39. The summed E-state index contributed by atoms with van der Waals surface area (Å²) in [7, 11) is 1.95. The minimum Gasteiger partial charge on any atom is -0.455 e. The zero-order chi connectivity index (χ0) is 17.9. The van der Waals surface area contributed by atoms with Crippen LogP contribution in [-0.2, 0) is 7.05 Å². The summed E-state index contributed by atoms with van der Waals surface area (Å²) in [4.78, 5) is 0. The van der Waals surface area contributed by atoms with Crippen LogP contribution in [0.5, 0.6) is 0 Å². The van der Waals surface area contributed by atoms with Gasteiger partial charge in [0.25, 0.3) is 0 Å². The van der Waals surface area contributed by atoms with Crippen molar-refractivity contribution >= 4 is 21.9 Å². The lowest BCUT2D eigenvalue weighted by atomic mass is 10.0. The number of furan rings is 1. The van der Waals surface area contributed by atoms with Crippen molar-refractivity contribution in [3.8, 4) is 11.3 Å². The number of nitrogens with zero attached hydrogens (tertiary/aromatic N) is 1. The van der Waals surface area contributed by atoms with E-state index in [1.54, 1.807) is 18.2 Å². The molecule has 3 heteroatoms. The molecular formula is C20H17FNO+. The molecule has 0 saturated heterocycles. The molecule has 0 atom stereocenters. The van der Waals surface area contributed by atoms with Gasteiger partial charge in [0.05, 0.1) is 8.30 Å². The number of benzene rings is 2. The molecule has 0 bridgehead atoms. The van der Waals surface area contributed by atoms with E-state index >= 15 is 0 Å². The van der Waals surface area contributed by atoms with Crippen molar-refractivity contribution in [1.29, 1.82) is 0 Å². The molecular weight excluding hydrogens is 289 g/mol. The molecule has 0 aliphatic carbocycles. The first-order valence-corrected chi connectivity index (χ1v) is 7.47. The Kier molecular flexibility index (Phi) is 2.53. The number of hydrogen-bond acceptors (Lipinski definition) is 1. The molecule has 4 rings (SSSR count). The number of halogens is 1. The summed E-state index contributed by atoms with van der Waals surface area (Å²) in [5, 5.41) is 1.57. The zero-order valence-electron chi connectivity index (χ0n) is 15.2. The molecule has 2 heterocycles. The molecule has 0 N–H and O–H groups in total. The maximum absolute atomic E-state index is 13.8. The summed E-state index contributed by atoms with van der Waals surface area (Å²) < 4.78 is 37.7. The molecule has 0 aliphatic rings. The fraction of sp³-hybridized carbons (Fsp3) is 0.150. The molecule has 0 unspecified atom stereocenters. The van der Waals surface area contributed by atoms with E-state index < -0.39 is 5.82 Å². The zero-order valence-corrected chi connectivity index (χ0v) is 13.2. The maximum atomic E-state index is 13.8. The van der Waals surface area contributed by atoms with Crippen LogP contribution in [0.4, 0.5) is 4.39 Å². The van der Waals surface area contributed by atoms with Crippen LogP contribution >= 0.6 is 0 Å². The van der Waals surface area contributed by atoms with Gasteiger partial charge in [-0.15, -0.1) is 0 Å². The highest BCUT2D eigenvalue weighted by Crippen LogP contribution is 2.36. The third kappa shape index (κ3) is 2.04. The number of hydrogen-bond donors (Lipinski definition) is 0. The predicted octanol–water partition coefficient (Wildman–Crippen LogP) is 4.83. The lowest BCUT2D eigenvalue weighted by Crippen LogP contribution is -2.34. The van der Waals surface area contributed by atoms with Gasteiger partial charge < -0.3 is 4.42 Å². The van der Waals surface area contributed by atoms with E-state index in [1.165, 1.54) is 6.07 Å². The molecule has 114 valence electrons. The Morgan fingerprint density at radius 2 is 1.83 bits per heavy atom. The van der Waals surface area contributed by atoms with Crippen LogP contribution in [0.2, 0.25) is 0 Å². The Bertz CT molecular complexity index is 1160. The Labute approximate surface area is 136 Å². The molecule has 0 fully saturated rings. The van der Waals surface area contributed by atoms with Gasteiger partial charge in [-0.2, -0.15) is 4.57 Å². The van der Waals surface area contributed by atoms with Gasteiger partial charge in [-0.1, -0.05) is 12.1 Å². The van der Waals surface area contributed by atoms with Gasteiger partial charge in [-0.05, 0) is 30.7 Å². The van der Waals surface area contributed by atoms with Crippen LogP contribution in [-0.4, -0.2) is 0 Å². The van der Waals surface area contributed by atoms with Gasteiger partial charge in [-0.3, -0.25) is 0 Å². The molecule has 2 aromatic heterocycles. The Morgan fingerprint density at radius 1 is 1.04 bits per heavy atom. The predicted molar refractivity (Wildman–Crippen MR) is 89.8 cm³/mol. The number of fused-ring (bicyclic) bond motifs is 3. The van der Waals surface area contributed by atoms with E-state index in [0.29, 0.717) is 11.6 Å². The fourth-order valence-electron chi connectivity index (χ4n) is 3.03. The number of aryl methyl sites for hydroxylation is 2. The van der Waals surface area contributed by atoms with Crippen molar-refractivity contribution in [2.24, 2.45) is 7.05 Å². The van der Waals surface area contributed by atoms with E-state index in [2.05, 4.69) is 0 Å². The molecule has 23 heavy (non-hydrogen) atoms. The second-order valence-corrected chi connectivity index (χ2v) is 5.83. The first-order valence-electron chi connectivity index (χ1n) is 8.47. The molecule has 0 radical (unpaired) electrons. The van der Waals surface area contributed by atoms with Crippen LogP contribution < -0.4 is 4.57 Å². The van der Waals surface area contributed by atoms with Gasteiger partial charge in [0, 0.05) is 35.9 Å². The molecule has 2 nitrogen and oxygen atoms in total. The number of aromatic nitrogens is 1. The largest absolute Gasteiger partial charge is 0.455 e. The number of rotatable bonds is 1. The normalized spacial score (nSPS) is 12.7. The summed E-state index contributed by atoms with van der Waals surface area (Å²) in [6, 6.07) is 10.7. The van der Waals surface area contributed by atoms with E-state index in [1.807, 2.05) is 37.6 Å². The second-order valence-electron chi connectivity index (χ2n) is 5.83. The van der Waals surface area contributed by atoms with Crippen molar-refractivity contribution in [2.75, 3.05) is 0 Å². The summed E-state index contributed by atoms with van der Waals surface area (Å²) >= 11 is 0. The van der Waals surface area contributed by atoms with Crippen LogP contribution in [0.25, 0.3) is 33.2 Å². The summed E-state index contributed by atoms with van der Waals surface area (Å²) in [6.07, 6.45) is 0. The molecule has 0 aliphatic heterocycles. The topological polar surface area (TPSA) is 17.0 Å². The maximum Gasteiger partial charge on any atom is 0.216 e. The average molecular weight is 308 g/mol. The quantitative estimate of drug-likeness (QED) is 0.460. The molecule has 0 amide bonds. The highest BCUT2D eigenvalue weighted by molar-refractivity contribution is 6.09. The van der Waals surface area contributed by atoms with E-state index in [0.717, 1.165) is 33.3 Å². The smallest absolute Gasteiger partial charge is 0.216 e. The lowest BCUT2D eigenvalue weighted by molar-refractivity contribution is -0.666. The minimum atomic E-state index is -0.598. The lowest BCUT2D eigenvalue weighted by Gasteiger charge is -2.06. The highest BCUT2D eigenvalue weighted by atomic mass is 19.1. The van der Waals surface area contributed by atoms with Gasteiger partial charge in [0.15, 0.2) is 5.69 Å². The van der Waals surface area contributed by atoms with Crippen LogP contribution in [0.1, 0.15) is 14.0 Å². The molecule has 0 spiro atoms. The van der Waals surface area contributed by atoms with Gasteiger partial charge in [0.1, 0.15) is 24.0 Å². The summed E-state index contributed by atoms with van der Waals surface area (Å²) in [6.45, 7) is 3.93. The number of pyridine rings is 1. The van der Waals surface area contributed by atoms with Gasteiger partial charge in [0.2, 0.25) is 5.69 Å². The minimum absolute atomic E-state index is 0.230. The summed E-state index contributed by atoms with van der Waals surface area (Å²) in [5.41, 5.74) is 4.56. The Balaban J connectivity index is 2.18. The van der Waals surface area contributed by atoms with E-state index in [4.69, 9.17) is 7.16 Å². The second kappa shape index (κ2) is 4.92. The van der Waals surface area contributed by atoms with E-state index in [9.17, 15) is 4.39 Å². The molecule has 0 saturated carbocycles. The van der Waals surface area contributed by atoms with Gasteiger partial charge >= 0.3 is 0 Å². The average Bonchev–Trinajstić information content (AvgIpc) is 2.94. The fourth-order valence-corrected chi connectivity index (χ4v) is 3.03. The summed E-state index contributed by atoms with van der Waals surface area (Å²) in [5.74, 6) is -0.598. The highest BCUT2D eigenvalue weighted by Gasteiger charge is 2.21. The first kappa shape index (κ1) is 11.8. The van der Waals surface area contributed by atoms with Crippen molar-refractivity contribution in [3.63, 3.8) is 0 Å². The van der Waals surface area contributed by atoms with Crippen molar-refractivity contribution < 1.29 is 16.1 Å². The monoisotopic (exact) mass is 308 g/mol. The van der Waals surface area contributed by atoms with Crippen LogP contribution in [0.15, 0.2) is 52.9 Å². The third-order valence-electron chi connectivity index (χ3n) is 4.39. The molecule has 2 aromatic carbocycles. The van der Waals surface area contributed by atoms with Gasteiger partial charge in [-0.25, -0.2) is 4.39 Å². The molecule has 4 aromatic rings. The SMILES string of the molecule is [2H]c1cc(C)[n+](C)c(-c2c(C)ccc3c2oc2c([2H])c(F)ccc23)c1. The standard InChI is InChI=1S/C20H17FNO/c1-12-7-9-16-15-10-8-14(21)11-18(15)23-20(16)19(12)17-6-4-5-13(2)22(17)3/h4-11H,1-3H3/q+1/i4D,11D. The Hall–Kier alpha value is -2.68. The van der Waals surface area contributed by atoms with Crippen molar-refractivity contribution in [1.82, 2.24) is 0 Å². The van der Waals surface area contributed by atoms with Crippen LogP contribution in [0.3, 0.4) is 0 Å². The first-order chi connectivity index (χ1) is 11.9. The van der Waals surface area contributed by atoms with Crippen molar-refractivity contribution in [3.05, 3.63) is 65.6 Å². The van der Waals surface area contributed by atoms with Crippen LogP contribution in [0, 0.1) is 19.7 Å². The Morgan fingerprint density at radius 3 is 2.65 bits per heavy atom. The van der Waals surface area contributed by atoms with E-state index in [-0.39, 0.29) is 11.6 Å².